The van der Waals surface area contributed by atoms with Crippen molar-refractivity contribution >= 4 is 34.0 Å². The molecule has 1 fully saturated rings. The lowest BCUT2D eigenvalue weighted by Crippen LogP contribution is -2.26. The summed E-state index contributed by atoms with van der Waals surface area (Å²) in [5.41, 5.74) is 8.82. The number of fused-ring (bicyclic) bond motifs is 1. The molecule has 0 bridgehead atoms. The summed E-state index contributed by atoms with van der Waals surface area (Å²) in [4.78, 5) is 4.40. The Hall–Kier alpha value is -1.42. The summed E-state index contributed by atoms with van der Waals surface area (Å²) in [6, 6.07) is 8.63. The molecule has 1 aromatic carbocycles. The molecule has 1 saturated carbocycles. The Morgan fingerprint density at radius 3 is 3.10 bits per heavy atom. The third-order valence-corrected chi connectivity index (χ3v) is 5.30. The third kappa shape index (κ3) is 2.57. The van der Waals surface area contributed by atoms with E-state index in [0.29, 0.717) is 6.04 Å². The molecule has 3 N–H and O–H groups in total. The molecule has 0 saturated heterocycles. The second-order valence-electron chi connectivity index (χ2n) is 5.28. The van der Waals surface area contributed by atoms with Crippen molar-refractivity contribution in [1.82, 2.24) is 4.98 Å². The summed E-state index contributed by atoms with van der Waals surface area (Å²) < 4.78 is 0. The van der Waals surface area contributed by atoms with Crippen molar-refractivity contribution < 1.29 is 0 Å². The van der Waals surface area contributed by atoms with Crippen molar-refractivity contribution in [3.63, 3.8) is 0 Å². The van der Waals surface area contributed by atoms with E-state index in [0.717, 1.165) is 27.5 Å². The van der Waals surface area contributed by atoms with Gasteiger partial charge in [0.15, 0.2) is 0 Å². The average Bonchev–Trinajstić information content (AvgIpc) is 2.88. The number of hydrogen-bond acceptors (Lipinski definition) is 4. The molecule has 20 heavy (non-hydrogen) atoms. The van der Waals surface area contributed by atoms with E-state index in [-0.39, 0.29) is 0 Å². The van der Waals surface area contributed by atoms with Gasteiger partial charge in [0.25, 0.3) is 0 Å². The van der Waals surface area contributed by atoms with E-state index in [9.17, 15) is 0 Å². The number of nitrogens with one attached hydrogen (secondary N) is 1. The molecular weight excluding hydrogens is 266 g/mol. The predicted molar refractivity (Wildman–Crippen MR) is 89.3 cm³/mol. The normalized spacial score (nSPS) is 22.2. The molecule has 0 radical (unpaired) electrons. The lowest BCUT2D eigenvalue weighted by Gasteiger charge is -2.22. The van der Waals surface area contributed by atoms with Gasteiger partial charge in [-0.15, -0.1) is 0 Å². The molecule has 1 aromatic heterocycles. The minimum atomic E-state index is 0.562. The van der Waals surface area contributed by atoms with Gasteiger partial charge in [-0.2, -0.15) is 11.8 Å². The Morgan fingerprint density at radius 1 is 1.35 bits per heavy atom. The molecule has 3 nitrogen and oxygen atoms in total. The Bertz CT molecular complexity index is 599. The summed E-state index contributed by atoms with van der Waals surface area (Å²) in [6.45, 7) is 2.24. The van der Waals surface area contributed by atoms with Gasteiger partial charge in [-0.05, 0) is 30.7 Å². The van der Waals surface area contributed by atoms with Crippen molar-refractivity contribution in [2.24, 2.45) is 0 Å². The fraction of sp³-hybridized carbons (Fsp3) is 0.438. The van der Waals surface area contributed by atoms with Crippen LogP contribution in [0.25, 0.3) is 10.9 Å². The molecule has 3 rings (SSSR count). The Morgan fingerprint density at radius 2 is 2.25 bits per heavy atom. The molecule has 1 heterocycles. The highest BCUT2D eigenvalue weighted by atomic mass is 32.2. The van der Waals surface area contributed by atoms with Crippen molar-refractivity contribution in [3.05, 3.63) is 30.5 Å². The zero-order valence-corrected chi connectivity index (χ0v) is 12.6. The fourth-order valence-electron chi connectivity index (χ4n) is 3.03. The zero-order chi connectivity index (χ0) is 13.9. The van der Waals surface area contributed by atoms with Crippen LogP contribution in [0.15, 0.2) is 30.5 Å². The number of aromatic nitrogens is 1. The van der Waals surface area contributed by atoms with Crippen molar-refractivity contribution in [1.29, 1.82) is 0 Å². The first-order valence-electron chi connectivity index (χ1n) is 7.31. The van der Waals surface area contributed by atoms with E-state index in [1.807, 2.05) is 18.3 Å². The minimum absolute atomic E-state index is 0.562. The smallest absolute Gasteiger partial charge is 0.0951 e. The second-order valence-corrected chi connectivity index (χ2v) is 6.79. The van der Waals surface area contributed by atoms with Crippen LogP contribution in [0.3, 0.4) is 0 Å². The second kappa shape index (κ2) is 5.92. The molecule has 2 atom stereocenters. The number of anilines is 2. The van der Waals surface area contributed by atoms with Gasteiger partial charge in [0, 0.05) is 28.6 Å². The van der Waals surface area contributed by atoms with Gasteiger partial charge >= 0.3 is 0 Å². The maximum Gasteiger partial charge on any atom is 0.0951 e. The molecule has 4 heteroatoms. The maximum atomic E-state index is 6.01. The van der Waals surface area contributed by atoms with Crippen LogP contribution < -0.4 is 11.1 Å². The Kier molecular flexibility index (Phi) is 4.01. The van der Waals surface area contributed by atoms with Gasteiger partial charge in [0.2, 0.25) is 0 Å². The molecule has 2 aromatic rings. The van der Waals surface area contributed by atoms with E-state index >= 15 is 0 Å². The number of nitrogen functional groups attached to an aromatic ring is 1. The Labute approximate surface area is 124 Å². The van der Waals surface area contributed by atoms with Crippen molar-refractivity contribution in [2.75, 3.05) is 16.8 Å². The highest BCUT2D eigenvalue weighted by molar-refractivity contribution is 7.99. The first-order chi connectivity index (χ1) is 9.79. The summed E-state index contributed by atoms with van der Waals surface area (Å²) in [6.07, 6.45) is 5.74. The number of thioether (sulfide) groups is 1. The van der Waals surface area contributed by atoms with Gasteiger partial charge in [-0.1, -0.05) is 25.5 Å². The molecule has 0 aliphatic heterocycles. The third-order valence-electron chi connectivity index (χ3n) is 3.98. The van der Waals surface area contributed by atoms with E-state index in [1.54, 1.807) is 0 Å². The fourth-order valence-corrected chi connectivity index (χ4v) is 4.23. The van der Waals surface area contributed by atoms with Gasteiger partial charge < -0.3 is 11.1 Å². The zero-order valence-electron chi connectivity index (χ0n) is 11.8. The number of nitrogens with zero attached hydrogens (tertiary/aromatic N) is 1. The van der Waals surface area contributed by atoms with Crippen LogP contribution in [0.1, 0.15) is 26.2 Å². The van der Waals surface area contributed by atoms with Crippen molar-refractivity contribution in [3.8, 4) is 0 Å². The van der Waals surface area contributed by atoms with Crippen LogP contribution in [-0.2, 0) is 0 Å². The van der Waals surface area contributed by atoms with E-state index < -0.39 is 0 Å². The molecule has 1 aliphatic carbocycles. The lowest BCUT2D eigenvalue weighted by molar-refractivity contribution is 0.769. The highest BCUT2D eigenvalue weighted by Crippen LogP contribution is 2.34. The van der Waals surface area contributed by atoms with Crippen LogP contribution >= 0.6 is 11.8 Å². The van der Waals surface area contributed by atoms with Crippen LogP contribution in [0.5, 0.6) is 0 Å². The summed E-state index contributed by atoms with van der Waals surface area (Å²) in [5.74, 6) is 1.19. The molecule has 1 aliphatic rings. The van der Waals surface area contributed by atoms with Gasteiger partial charge in [-0.3, -0.25) is 4.98 Å². The molecule has 106 valence electrons. The number of nitrogens with two attached hydrogens (primary N) is 1. The first-order valence-corrected chi connectivity index (χ1v) is 8.36. The number of pyridine rings is 1. The van der Waals surface area contributed by atoms with Crippen LogP contribution in [0.4, 0.5) is 11.4 Å². The lowest BCUT2D eigenvalue weighted by atomic mass is 10.1. The minimum Gasteiger partial charge on any atom is -0.397 e. The number of rotatable bonds is 4. The Balaban J connectivity index is 1.89. The van der Waals surface area contributed by atoms with E-state index in [1.165, 1.54) is 25.0 Å². The summed E-state index contributed by atoms with van der Waals surface area (Å²) in [5, 5.41) is 5.58. The highest BCUT2D eigenvalue weighted by Gasteiger charge is 2.27. The van der Waals surface area contributed by atoms with E-state index in [2.05, 4.69) is 41.1 Å². The van der Waals surface area contributed by atoms with Crippen LogP contribution in [0, 0.1) is 0 Å². The number of hydrogen-bond donors (Lipinski definition) is 2. The molecule has 0 amide bonds. The predicted octanol–water partition coefficient (Wildman–Crippen LogP) is 3.90. The SMILES string of the molecule is CCSC1CCCC1Nc1ccnc2c(N)cccc12. The van der Waals surface area contributed by atoms with Crippen molar-refractivity contribution in [2.45, 2.75) is 37.5 Å². The number of para-hydroxylation sites is 1. The van der Waals surface area contributed by atoms with Gasteiger partial charge in [0.05, 0.1) is 11.2 Å². The van der Waals surface area contributed by atoms with Gasteiger partial charge in [-0.25, -0.2) is 0 Å². The largest absolute Gasteiger partial charge is 0.397 e. The summed E-state index contributed by atoms with van der Waals surface area (Å²) in [7, 11) is 0. The monoisotopic (exact) mass is 287 g/mol. The first kappa shape index (κ1) is 13.6. The number of benzene rings is 1. The summed E-state index contributed by atoms with van der Waals surface area (Å²) >= 11 is 2.07. The molecular formula is C16H21N3S. The quantitative estimate of drug-likeness (QED) is 0.837. The average molecular weight is 287 g/mol. The molecule has 2 unspecified atom stereocenters. The van der Waals surface area contributed by atoms with Crippen LogP contribution in [-0.4, -0.2) is 22.0 Å². The van der Waals surface area contributed by atoms with E-state index in [4.69, 9.17) is 5.73 Å². The van der Waals surface area contributed by atoms with Crippen LogP contribution in [0.2, 0.25) is 0 Å². The van der Waals surface area contributed by atoms with Gasteiger partial charge in [0.1, 0.15) is 0 Å². The standard InChI is InChI=1S/C16H21N3S/c1-2-20-15-8-4-7-14(15)19-13-9-10-18-16-11(13)5-3-6-12(16)17/h3,5-6,9-10,14-15H,2,4,7-8,17H2,1H3,(H,18,19). The topological polar surface area (TPSA) is 50.9 Å². The maximum absolute atomic E-state index is 6.01. The molecule has 0 spiro atoms.